The summed E-state index contributed by atoms with van der Waals surface area (Å²) in [4.78, 5) is 18.7. The summed E-state index contributed by atoms with van der Waals surface area (Å²) in [6, 6.07) is 27.4. The predicted octanol–water partition coefficient (Wildman–Crippen LogP) is 4.63. The van der Waals surface area contributed by atoms with Gasteiger partial charge < -0.3 is 14.2 Å². The minimum Gasteiger partial charge on any atom is -0.487 e. The van der Waals surface area contributed by atoms with Gasteiger partial charge in [0.2, 0.25) is 11.7 Å². The molecule has 1 aromatic heterocycles. The second-order valence-electron chi connectivity index (χ2n) is 7.84. The number of aryl methyl sites for hydroxylation is 1. The smallest absolute Gasteiger partial charge is 0.258 e. The molecule has 2 heterocycles. The Balaban J connectivity index is 1.11. The van der Waals surface area contributed by atoms with Gasteiger partial charge in [-0.3, -0.25) is 4.79 Å². The SMILES string of the molecule is O=C(CCc1ccccc1)N1CC(Oc2ccc(-c3nc(-c4ccccc4)no3)cc2)C1. The van der Waals surface area contributed by atoms with E-state index in [9.17, 15) is 4.79 Å². The molecule has 6 heteroatoms. The van der Waals surface area contributed by atoms with Crippen molar-refractivity contribution in [2.75, 3.05) is 13.1 Å². The van der Waals surface area contributed by atoms with E-state index in [-0.39, 0.29) is 12.0 Å². The number of likely N-dealkylation sites (tertiary alicyclic amines) is 1. The van der Waals surface area contributed by atoms with Gasteiger partial charge in [0.1, 0.15) is 11.9 Å². The lowest BCUT2D eigenvalue weighted by Crippen LogP contribution is -2.56. The van der Waals surface area contributed by atoms with Crippen LogP contribution in [0.3, 0.4) is 0 Å². The van der Waals surface area contributed by atoms with Crippen molar-refractivity contribution in [1.29, 1.82) is 0 Å². The molecule has 0 spiro atoms. The monoisotopic (exact) mass is 425 g/mol. The van der Waals surface area contributed by atoms with Gasteiger partial charge in [-0.2, -0.15) is 4.98 Å². The fourth-order valence-corrected chi connectivity index (χ4v) is 3.68. The predicted molar refractivity (Wildman–Crippen MR) is 121 cm³/mol. The zero-order chi connectivity index (χ0) is 21.8. The number of hydrogen-bond acceptors (Lipinski definition) is 5. The van der Waals surface area contributed by atoms with Crippen molar-refractivity contribution >= 4 is 5.91 Å². The summed E-state index contributed by atoms with van der Waals surface area (Å²) in [7, 11) is 0. The van der Waals surface area contributed by atoms with Gasteiger partial charge in [0, 0.05) is 17.5 Å². The van der Waals surface area contributed by atoms with Crippen LogP contribution in [0, 0.1) is 0 Å². The van der Waals surface area contributed by atoms with E-state index < -0.39 is 0 Å². The zero-order valence-electron chi connectivity index (χ0n) is 17.6. The molecule has 160 valence electrons. The summed E-state index contributed by atoms with van der Waals surface area (Å²) in [6.07, 6.45) is 1.32. The van der Waals surface area contributed by atoms with Crippen molar-refractivity contribution in [2.24, 2.45) is 0 Å². The van der Waals surface area contributed by atoms with Gasteiger partial charge in [-0.15, -0.1) is 0 Å². The van der Waals surface area contributed by atoms with Gasteiger partial charge in [-0.05, 0) is 36.2 Å². The van der Waals surface area contributed by atoms with Crippen LogP contribution in [0.4, 0.5) is 0 Å². The molecule has 32 heavy (non-hydrogen) atoms. The number of ether oxygens (including phenoxy) is 1. The average Bonchev–Trinajstić information content (AvgIpc) is 3.32. The molecule has 0 saturated carbocycles. The van der Waals surface area contributed by atoms with E-state index in [4.69, 9.17) is 9.26 Å². The highest BCUT2D eigenvalue weighted by Gasteiger charge is 2.31. The standard InChI is InChI=1S/C26H23N3O3/c30-24(16-11-19-7-3-1-4-8-19)29-17-23(18-29)31-22-14-12-21(13-15-22)26-27-25(28-32-26)20-9-5-2-6-10-20/h1-10,12-15,23H,11,16-18H2. The van der Waals surface area contributed by atoms with E-state index >= 15 is 0 Å². The Labute approximate surface area is 186 Å². The van der Waals surface area contributed by atoms with Crippen LogP contribution in [-0.2, 0) is 11.2 Å². The van der Waals surface area contributed by atoms with Crippen LogP contribution < -0.4 is 4.74 Å². The summed E-state index contributed by atoms with van der Waals surface area (Å²) < 4.78 is 11.4. The minimum atomic E-state index is 0.0228. The molecule has 0 atom stereocenters. The summed E-state index contributed by atoms with van der Waals surface area (Å²) in [5.74, 6) is 1.97. The molecule has 4 aromatic rings. The molecule has 3 aromatic carbocycles. The Hall–Kier alpha value is -3.93. The molecule has 5 rings (SSSR count). The highest BCUT2D eigenvalue weighted by Crippen LogP contribution is 2.25. The third kappa shape index (κ3) is 4.54. The molecule has 1 aliphatic heterocycles. The first-order chi connectivity index (χ1) is 15.7. The Bertz CT molecular complexity index is 1170. The number of nitrogens with zero attached hydrogens (tertiary/aromatic N) is 3. The van der Waals surface area contributed by atoms with Gasteiger partial charge in [0.25, 0.3) is 5.89 Å². The van der Waals surface area contributed by atoms with Crippen LogP contribution >= 0.6 is 0 Å². The van der Waals surface area contributed by atoms with Crippen molar-refractivity contribution in [3.63, 3.8) is 0 Å². The maximum atomic E-state index is 12.3. The van der Waals surface area contributed by atoms with Crippen LogP contribution in [0.5, 0.6) is 5.75 Å². The second kappa shape index (κ2) is 9.06. The van der Waals surface area contributed by atoms with Crippen LogP contribution in [0.1, 0.15) is 12.0 Å². The molecule has 1 amide bonds. The quantitative estimate of drug-likeness (QED) is 0.432. The lowest BCUT2D eigenvalue weighted by Gasteiger charge is -2.39. The molecule has 1 aliphatic rings. The van der Waals surface area contributed by atoms with Crippen LogP contribution in [0.15, 0.2) is 89.5 Å². The molecule has 0 N–H and O–H groups in total. The minimum absolute atomic E-state index is 0.0228. The van der Waals surface area contributed by atoms with Crippen molar-refractivity contribution in [3.05, 3.63) is 90.5 Å². The molecular formula is C26H23N3O3. The lowest BCUT2D eigenvalue weighted by atomic mass is 10.1. The van der Waals surface area contributed by atoms with Gasteiger partial charge in [0.15, 0.2) is 0 Å². The van der Waals surface area contributed by atoms with Gasteiger partial charge in [-0.25, -0.2) is 0 Å². The molecule has 1 fully saturated rings. The Kier molecular flexibility index (Phi) is 5.66. The highest BCUT2D eigenvalue weighted by molar-refractivity contribution is 5.77. The van der Waals surface area contributed by atoms with Gasteiger partial charge in [0.05, 0.1) is 13.1 Å². The largest absolute Gasteiger partial charge is 0.487 e. The number of benzene rings is 3. The zero-order valence-corrected chi connectivity index (χ0v) is 17.6. The van der Waals surface area contributed by atoms with Crippen LogP contribution in [-0.4, -0.2) is 40.1 Å². The number of rotatable bonds is 7. The van der Waals surface area contributed by atoms with Crippen molar-refractivity contribution in [2.45, 2.75) is 18.9 Å². The first-order valence-corrected chi connectivity index (χ1v) is 10.7. The van der Waals surface area contributed by atoms with Crippen LogP contribution in [0.2, 0.25) is 0 Å². The number of amides is 1. The third-order valence-corrected chi connectivity index (χ3v) is 5.53. The Morgan fingerprint density at radius 1 is 0.906 bits per heavy atom. The van der Waals surface area contributed by atoms with Crippen molar-refractivity contribution < 1.29 is 14.1 Å². The number of hydrogen-bond donors (Lipinski definition) is 0. The van der Waals surface area contributed by atoms with E-state index in [0.717, 1.165) is 23.3 Å². The molecular weight excluding hydrogens is 402 g/mol. The van der Waals surface area contributed by atoms with E-state index in [0.29, 0.717) is 31.2 Å². The maximum Gasteiger partial charge on any atom is 0.258 e. The van der Waals surface area contributed by atoms with Crippen molar-refractivity contribution in [3.8, 4) is 28.6 Å². The Morgan fingerprint density at radius 2 is 1.59 bits per heavy atom. The topological polar surface area (TPSA) is 68.5 Å². The highest BCUT2D eigenvalue weighted by atomic mass is 16.5. The van der Waals surface area contributed by atoms with E-state index in [1.165, 1.54) is 5.56 Å². The van der Waals surface area contributed by atoms with E-state index in [1.54, 1.807) is 0 Å². The average molecular weight is 425 g/mol. The fraction of sp³-hybridized carbons (Fsp3) is 0.192. The number of aromatic nitrogens is 2. The number of carbonyl (C=O) groups excluding carboxylic acids is 1. The molecule has 0 unspecified atom stereocenters. The van der Waals surface area contributed by atoms with Gasteiger partial charge in [-0.1, -0.05) is 65.8 Å². The summed E-state index contributed by atoms with van der Waals surface area (Å²) in [5.41, 5.74) is 2.93. The molecule has 0 aliphatic carbocycles. The molecule has 0 bridgehead atoms. The fourth-order valence-electron chi connectivity index (χ4n) is 3.68. The first kappa shape index (κ1) is 20.0. The Morgan fingerprint density at radius 3 is 2.31 bits per heavy atom. The summed E-state index contributed by atoms with van der Waals surface area (Å²) in [5, 5.41) is 4.06. The lowest BCUT2D eigenvalue weighted by molar-refractivity contribution is -0.139. The third-order valence-electron chi connectivity index (χ3n) is 5.53. The second-order valence-corrected chi connectivity index (χ2v) is 7.84. The summed E-state index contributed by atoms with van der Waals surface area (Å²) in [6.45, 7) is 1.25. The first-order valence-electron chi connectivity index (χ1n) is 10.7. The summed E-state index contributed by atoms with van der Waals surface area (Å²) >= 11 is 0. The normalized spacial score (nSPS) is 13.6. The molecule has 6 nitrogen and oxygen atoms in total. The van der Waals surface area contributed by atoms with Gasteiger partial charge >= 0.3 is 0 Å². The van der Waals surface area contributed by atoms with E-state index in [1.807, 2.05) is 77.7 Å². The van der Waals surface area contributed by atoms with E-state index in [2.05, 4.69) is 22.3 Å². The maximum absolute atomic E-state index is 12.3. The van der Waals surface area contributed by atoms with Crippen LogP contribution in [0.25, 0.3) is 22.8 Å². The van der Waals surface area contributed by atoms with Crippen molar-refractivity contribution in [1.82, 2.24) is 15.0 Å². The molecule has 0 radical (unpaired) electrons. The molecule has 1 saturated heterocycles. The number of carbonyl (C=O) groups is 1.